The number of benzene rings is 1. The molecule has 98 valence electrons. The van der Waals surface area contributed by atoms with E-state index in [0.717, 1.165) is 17.7 Å². The number of hydrogen-bond acceptors (Lipinski definition) is 3. The molecule has 1 aromatic rings. The van der Waals surface area contributed by atoms with E-state index in [-0.39, 0.29) is 24.0 Å². The fourth-order valence-electron chi connectivity index (χ4n) is 2.10. The van der Waals surface area contributed by atoms with Gasteiger partial charge in [-0.05, 0) is 44.9 Å². The Morgan fingerprint density at radius 1 is 1.28 bits per heavy atom. The van der Waals surface area contributed by atoms with Gasteiger partial charge in [-0.2, -0.15) is 0 Å². The van der Waals surface area contributed by atoms with Crippen LogP contribution < -0.4 is 15.6 Å². The summed E-state index contributed by atoms with van der Waals surface area (Å²) >= 11 is 0. The van der Waals surface area contributed by atoms with Crippen LogP contribution in [0.25, 0.3) is 0 Å². The fraction of sp³-hybridized carbons (Fsp3) is 0.500. The Balaban J connectivity index is 2.00. The van der Waals surface area contributed by atoms with Gasteiger partial charge in [-0.25, -0.2) is 5.43 Å². The minimum absolute atomic E-state index is 0.00173. The van der Waals surface area contributed by atoms with Crippen molar-refractivity contribution in [3.8, 4) is 5.75 Å². The van der Waals surface area contributed by atoms with Crippen LogP contribution in [0, 0.1) is 5.92 Å². The first-order valence-electron chi connectivity index (χ1n) is 6.37. The van der Waals surface area contributed by atoms with Gasteiger partial charge in [0.05, 0.1) is 12.0 Å². The highest BCUT2D eigenvalue weighted by molar-refractivity contribution is 5.81. The molecule has 0 saturated carbocycles. The first kappa shape index (κ1) is 12.9. The molecule has 1 amide bonds. The molecule has 2 rings (SSSR count). The second-order valence-electron chi connectivity index (χ2n) is 5.04. The molecule has 2 N–H and O–H groups in total. The van der Waals surface area contributed by atoms with Crippen molar-refractivity contribution in [1.82, 2.24) is 10.9 Å². The summed E-state index contributed by atoms with van der Waals surface area (Å²) < 4.78 is 5.59. The summed E-state index contributed by atoms with van der Waals surface area (Å²) in [5.74, 6) is 0.947. The SMILES string of the molecule is CC(C)Oc1ccc(CC2C(=O)NNC2C)cc1. The van der Waals surface area contributed by atoms with Crippen molar-refractivity contribution in [3.63, 3.8) is 0 Å². The molecule has 0 aliphatic carbocycles. The maximum absolute atomic E-state index is 11.6. The van der Waals surface area contributed by atoms with E-state index in [1.807, 2.05) is 45.0 Å². The Bertz CT molecular complexity index is 414. The van der Waals surface area contributed by atoms with E-state index in [2.05, 4.69) is 10.9 Å². The summed E-state index contributed by atoms with van der Waals surface area (Å²) in [5.41, 5.74) is 6.77. The maximum atomic E-state index is 11.6. The standard InChI is InChI=1S/C14H20N2O2/c1-9(2)18-12-6-4-11(5-7-12)8-13-10(3)15-16-14(13)17/h4-7,9-10,13,15H,8H2,1-3H3,(H,16,17). The molecule has 1 fully saturated rings. The molecule has 0 radical (unpaired) electrons. The maximum Gasteiger partial charge on any atom is 0.239 e. The highest BCUT2D eigenvalue weighted by Crippen LogP contribution is 2.19. The minimum Gasteiger partial charge on any atom is -0.491 e. The molecule has 2 atom stereocenters. The number of ether oxygens (including phenoxy) is 1. The van der Waals surface area contributed by atoms with E-state index < -0.39 is 0 Å². The molecule has 1 aliphatic heterocycles. The molecule has 0 spiro atoms. The zero-order valence-electron chi connectivity index (χ0n) is 11.1. The van der Waals surface area contributed by atoms with Crippen molar-refractivity contribution < 1.29 is 9.53 Å². The summed E-state index contributed by atoms with van der Waals surface area (Å²) in [6.07, 6.45) is 0.933. The van der Waals surface area contributed by atoms with Gasteiger partial charge < -0.3 is 4.74 Å². The molecular weight excluding hydrogens is 228 g/mol. The van der Waals surface area contributed by atoms with E-state index >= 15 is 0 Å². The minimum atomic E-state index is 0.00173. The quantitative estimate of drug-likeness (QED) is 0.852. The van der Waals surface area contributed by atoms with Gasteiger partial charge in [0.2, 0.25) is 5.91 Å². The predicted octanol–water partition coefficient (Wildman–Crippen LogP) is 1.66. The molecule has 1 aromatic carbocycles. The summed E-state index contributed by atoms with van der Waals surface area (Å²) in [4.78, 5) is 11.6. The summed E-state index contributed by atoms with van der Waals surface area (Å²) in [5, 5.41) is 0. The van der Waals surface area contributed by atoms with Crippen LogP contribution in [-0.4, -0.2) is 18.1 Å². The summed E-state index contributed by atoms with van der Waals surface area (Å²) in [6, 6.07) is 8.14. The van der Waals surface area contributed by atoms with E-state index in [1.165, 1.54) is 0 Å². The van der Waals surface area contributed by atoms with E-state index in [1.54, 1.807) is 0 Å². The third-order valence-electron chi connectivity index (χ3n) is 3.11. The van der Waals surface area contributed by atoms with Crippen molar-refractivity contribution in [3.05, 3.63) is 29.8 Å². The van der Waals surface area contributed by atoms with Crippen molar-refractivity contribution in [2.24, 2.45) is 5.92 Å². The highest BCUT2D eigenvalue weighted by Gasteiger charge is 2.31. The summed E-state index contributed by atoms with van der Waals surface area (Å²) in [7, 11) is 0. The van der Waals surface area contributed by atoms with E-state index in [0.29, 0.717) is 0 Å². The molecule has 1 saturated heterocycles. The van der Waals surface area contributed by atoms with Crippen LogP contribution >= 0.6 is 0 Å². The Labute approximate surface area is 108 Å². The number of rotatable bonds is 4. The largest absolute Gasteiger partial charge is 0.491 e. The normalized spacial score (nSPS) is 23.2. The third kappa shape index (κ3) is 3.01. The van der Waals surface area contributed by atoms with Gasteiger partial charge in [0, 0.05) is 6.04 Å². The van der Waals surface area contributed by atoms with Crippen molar-refractivity contribution in [1.29, 1.82) is 0 Å². The number of nitrogens with one attached hydrogen (secondary N) is 2. The smallest absolute Gasteiger partial charge is 0.239 e. The monoisotopic (exact) mass is 248 g/mol. The zero-order chi connectivity index (χ0) is 13.1. The fourth-order valence-corrected chi connectivity index (χ4v) is 2.10. The summed E-state index contributed by atoms with van der Waals surface area (Å²) in [6.45, 7) is 6.02. The van der Waals surface area contributed by atoms with Gasteiger partial charge in [0.25, 0.3) is 0 Å². The molecule has 2 unspecified atom stereocenters. The van der Waals surface area contributed by atoms with Gasteiger partial charge in [0.1, 0.15) is 5.75 Å². The molecule has 1 heterocycles. The first-order chi connectivity index (χ1) is 8.56. The Hall–Kier alpha value is -1.55. The lowest BCUT2D eigenvalue weighted by Gasteiger charge is -2.13. The number of hydrazine groups is 1. The van der Waals surface area contributed by atoms with Gasteiger partial charge in [-0.1, -0.05) is 12.1 Å². The van der Waals surface area contributed by atoms with Gasteiger partial charge in [0.15, 0.2) is 0 Å². The number of carbonyl (C=O) groups excluding carboxylic acids is 1. The van der Waals surface area contributed by atoms with E-state index in [9.17, 15) is 4.79 Å². The highest BCUT2D eigenvalue weighted by atomic mass is 16.5. The second kappa shape index (κ2) is 5.40. The van der Waals surface area contributed by atoms with Crippen molar-refractivity contribution in [2.45, 2.75) is 39.3 Å². The Morgan fingerprint density at radius 2 is 1.94 bits per heavy atom. The van der Waals surface area contributed by atoms with E-state index in [4.69, 9.17) is 4.74 Å². The molecule has 18 heavy (non-hydrogen) atoms. The lowest BCUT2D eigenvalue weighted by atomic mass is 9.94. The van der Waals surface area contributed by atoms with Crippen molar-refractivity contribution >= 4 is 5.91 Å². The molecular formula is C14H20N2O2. The Kier molecular flexibility index (Phi) is 3.87. The lowest BCUT2D eigenvalue weighted by molar-refractivity contribution is -0.122. The molecule has 0 aromatic heterocycles. The van der Waals surface area contributed by atoms with Gasteiger partial charge in [-0.3, -0.25) is 10.2 Å². The topological polar surface area (TPSA) is 50.4 Å². The van der Waals surface area contributed by atoms with Crippen LogP contribution in [0.1, 0.15) is 26.3 Å². The average Bonchev–Trinajstić information content (AvgIpc) is 2.63. The van der Waals surface area contributed by atoms with Crippen LogP contribution in [0.3, 0.4) is 0 Å². The molecule has 4 heteroatoms. The van der Waals surface area contributed by atoms with Crippen molar-refractivity contribution in [2.75, 3.05) is 0 Å². The average molecular weight is 248 g/mol. The van der Waals surface area contributed by atoms with Crippen LogP contribution in [0.15, 0.2) is 24.3 Å². The molecule has 4 nitrogen and oxygen atoms in total. The van der Waals surface area contributed by atoms with Crippen LogP contribution in [0.2, 0.25) is 0 Å². The first-order valence-corrected chi connectivity index (χ1v) is 6.37. The molecule has 0 bridgehead atoms. The lowest BCUT2D eigenvalue weighted by Crippen LogP contribution is -2.29. The van der Waals surface area contributed by atoms with Crippen LogP contribution in [-0.2, 0) is 11.2 Å². The van der Waals surface area contributed by atoms with Gasteiger partial charge >= 0.3 is 0 Å². The van der Waals surface area contributed by atoms with Crippen LogP contribution in [0.4, 0.5) is 0 Å². The number of hydrogen-bond donors (Lipinski definition) is 2. The second-order valence-corrected chi connectivity index (χ2v) is 5.04. The number of carbonyl (C=O) groups is 1. The predicted molar refractivity (Wildman–Crippen MR) is 70.1 cm³/mol. The zero-order valence-corrected chi connectivity index (χ0v) is 11.1. The van der Waals surface area contributed by atoms with Crippen LogP contribution in [0.5, 0.6) is 5.75 Å². The third-order valence-corrected chi connectivity index (χ3v) is 3.11. The number of amides is 1. The van der Waals surface area contributed by atoms with Gasteiger partial charge in [-0.15, -0.1) is 0 Å². The Morgan fingerprint density at radius 3 is 2.44 bits per heavy atom. The molecule has 1 aliphatic rings.